The van der Waals surface area contributed by atoms with E-state index in [1.165, 1.54) is 0 Å². The number of carbonyl (C=O) groups excluding carboxylic acids is 1. The molecular formula is C12H21N3O. The Labute approximate surface area is 97.1 Å². The number of carbonyl (C=O) groups is 1. The summed E-state index contributed by atoms with van der Waals surface area (Å²) >= 11 is 0. The van der Waals surface area contributed by atoms with E-state index in [0.29, 0.717) is 12.5 Å². The zero-order chi connectivity index (χ0) is 12.1. The molecule has 0 radical (unpaired) electrons. The maximum absolute atomic E-state index is 11.6. The van der Waals surface area contributed by atoms with E-state index in [1.807, 2.05) is 18.4 Å². The van der Waals surface area contributed by atoms with Crippen molar-refractivity contribution in [3.8, 4) is 0 Å². The van der Waals surface area contributed by atoms with E-state index >= 15 is 0 Å². The first-order valence-electron chi connectivity index (χ1n) is 5.75. The Morgan fingerprint density at radius 2 is 2.19 bits per heavy atom. The van der Waals surface area contributed by atoms with Gasteiger partial charge >= 0.3 is 0 Å². The molecule has 0 bridgehead atoms. The van der Waals surface area contributed by atoms with Crippen LogP contribution in [0.15, 0.2) is 6.33 Å². The number of imidazole rings is 1. The highest BCUT2D eigenvalue weighted by atomic mass is 16.1. The molecule has 1 rings (SSSR count). The quantitative estimate of drug-likeness (QED) is 0.825. The molecule has 0 aliphatic rings. The highest BCUT2D eigenvalue weighted by molar-refractivity contribution is 5.75. The van der Waals surface area contributed by atoms with E-state index in [1.54, 1.807) is 6.33 Å². The molecule has 1 aromatic heterocycles. The van der Waals surface area contributed by atoms with Crippen LogP contribution < -0.4 is 5.32 Å². The number of nitrogens with one attached hydrogen (secondary N) is 1. The van der Waals surface area contributed by atoms with Crippen molar-refractivity contribution in [1.82, 2.24) is 14.9 Å². The van der Waals surface area contributed by atoms with Gasteiger partial charge in [0.25, 0.3) is 0 Å². The lowest BCUT2D eigenvalue weighted by Gasteiger charge is -2.08. The fourth-order valence-electron chi connectivity index (χ4n) is 1.41. The molecule has 0 aliphatic heterocycles. The monoisotopic (exact) mass is 223 g/mol. The topological polar surface area (TPSA) is 46.9 Å². The second-order valence-electron chi connectivity index (χ2n) is 4.58. The largest absolute Gasteiger partial charge is 0.355 e. The third-order valence-corrected chi connectivity index (χ3v) is 2.70. The van der Waals surface area contributed by atoms with Crippen molar-refractivity contribution in [1.29, 1.82) is 0 Å². The molecule has 1 N–H and O–H groups in total. The van der Waals surface area contributed by atoms with Crippen LogP contribution in [0.25, 0.3) is 0 Å². The second kappa shape index (κ2) is 5.68. The van der Waals surface area contributed by atoms with Crippen LogP contribution in [0, 0.1) is 19.8 Å². The van der Waals surface area contributed by atoms with Crippen molar-refractivity contribution in [3.63, 3.8) is 0 Å². The molecule has 1 amide bonds. The van der Waals surface area contributed by atoms with Crippen LogP contribution in [0.2, 0.25) is 0 Å². The van der Waals surface area contributed by atoms with Crippen LogP contribution >= 0.6 is 0 Å². The number of hydrogen-bond acceptors (Lipinski definition) is 2. The number of hydrogen-bond donors (Lipinski definition) is 1. The number of rotatable bonds is 5. The van der Waals surface area contributed by atoms with Crippen LogP contribution in [0.1, 0.15) is 31.7 Å². The van der Waals surface area contributed by atoms with E-state index in [-0.39, 0.29) is 5.91 Å². The summed E-state index contributed by atoms with van der Waals surface area (Å²) in [5.74, 6) is 0.679. The number of amides is 1. The summed E-state index contributed by atoms with van der Waals surface area (Å²) in [6, 6.07) is 0. The molecule has 0 aromatic carbocycles. The van der Waals surface area contributed by atoms with E-state index in [2.05, 4.69) is 24.1 Å². The van der Waals surface area contributed by atoms with Crippen LogP contribution in [0.5, 0.6) is 0 Å². The number of aromatic nitrogens is 2. The Kier molecular flexibility index (Phi) is 4.52. The minimum Gasteiger partial charge on any atom is -0.355 e. The van der Waals surface area contributed by atoms with Crippen molar-refractivity contribution in [2.75, 3.05) is 6.54 Å². The van der Waals surface area contributed by atoms with Crippen LogP contribution in [-0.2, 0) is 11.3 Å². The summed E-state index contributed by atoms with van der Waals surface area (Å²) in [6.07, 6.45) is 2.74. The summed E-state index contributed by atoms with van der Waals surface area (Å²) < 4.78 is 1.88. The molecule has 0 aliphatic carbocycles. The summed E-state index contributed by atoms with van der Waals surface area (Å²) in [5.41, 5.74) is 2.04. The molecular weight excluding hydrogens is 202 g/mol. The van der Waals surface area contributed by atoms with Crippen molar-refractivity contribution in [2.45, 2.75) is 40.7 Å². The molecule has 0 fully saturated rings. The lowest BCUT2D eigenvalue weighted by atomic mass is 10.1. The average molecular weight is 223 g/mol. The summed E-state index contributed by atoms with van der Waals surface area (Å²) in [4.78, 5) is 15.8. The van der Waals surface area contributed by atoms with Crippen molar-refractivity contribution in [2.24, 2.45) is 5.92 Å². The fourth-order valence-corrected chi connectivity index (χ4v) is 1.41. The molecule has 0 saturated heterocycles. The van der Waals surface area contributed by atoms with Crippen LogP contribution in [-0.4, -0.2) is 22.0 Å². The maximum atomic E-state index is 11.6. The van der Waals surface area contributed by atoms with Gasteiger partial charge in [-0.25, -0.2) is 4.98 Å². The van der Waals surface area contributed by atoms with E-state index in [4.69, 9.17) is 0 Å². The third kappa shape index (κ3) is 3.68. The fraction of sp³-hybridized carbons (Fsp3) is 0.667. The average Bonchev–Trinajstić information content (AvgIpc) is 2.49. The van der Waals surface area contributed by atoms with Gasteiger partial charge in [0.05, 0.1) is 12.0 Å². The molecule has 0 spiro atoms. The van der Waals surface area contributed by atoms with Gasteiger partial charge in [0.1, 0.15) is 6.54 Å². The van der Waals surface area contributed by atoms with Gasteiger partial charge in [-0.2, -0.15) is 0 Å². The molecule has 0 saturated carbocycles. The predicted octanol–water partition coefficient (Wildman–Crippen LogP) is 1.66. The van der Waals surface area contributed by atoms with E-state index in [9.17, 15) is 4.79 Å². The van der Waals surface area contributed by atoms with Gasteiger partial charge in [-0.1, -0.05) is 13.8 Å². The third-order valence-electron chi connectivity index (χ3n) is 2.70. The molecule has 1 heterocycles. The van der Waals surface area contributed by atoms with Gasteiger partial charge in [0, 0.05) is 12.2 Å². The molecule has 4 nitrogen and oxygen atoms in total. The van der Waals surface area contributed by atoms with Gasteiger partial charge in [0.15, 0.2) is 0 Å². The van der Waals surface area contributed by atoms with Gasteiger partial charge in [0.2, 0.25) is 5.91 Å². The van der Waals surface area contributed by atoms with E-state index < -0.39 is 0 Å². The molecule has 0 atom stereocenters. The Balaban J connectivity index is 2.37. The highest BCUT2D eigenvalue weighted by Gasteiger charge is 2.06. The zero-order valence-electron chi connectivity index (χ0n) is 10.6. The summed E-state index contributed by atoms with van der Waals surface area (Å²) in [7, 11) is 0. The maximum Gasteiger partial charge on any atom is 0.239 e. The normalized spacial score (nSPS) is 10.8. The standard InChI is InChI=1S/C12H21N3O/c1-9(2)5-6-13-12(16)7-15-8-14-10(3)11(15)4/h8-9H,5-7H2,1-4H3,(H,13,16). The lowest BCUT2D eigenvalue weighted by Crippen LogP contribution is -2.29. The van der Waals surface area contributed by atoms with Crippen molar-refractivity contribution < 1.29 is 4.79 Å². The molecule has 0 unspecified atom stereocenters. The summed E-state index contributed by atoms with van der Waals surface area (Å²) in [5, 5.41) is 2.91. The van der Waals surface area contributed by atoms with E-state index in [0.717, 1.165) is 24.4 Å². The smallest absolute Gasteiger partial charge is 0.239 e. The van der Waals surface area contributed by atoms with Gasteiger partial charge in [-0.3, -0.25) is 4.79 Å². The van der Waals surface area contributed by atoms with Crippen molar-refractivity contribution in [3.05, 3.63) is 17.7 Å². The SMILES string of the molecule is Cc1ncn(CC(=O)NCCC(C)C)c1C. The Bertz CT molecular complexity index is 355. The van der Waals surface area contributed by atoms with Gasteiger partial charge < -0.3 is 9.88 Å². The Morgan fingerprint density at radius 3 is 2.69 bits per heavy atom. The molecule has 4 heteroatoms. The molecule has 16 heavy (non-hydrogen) atoms. The lowest BCUT2D eigenvalue weighted by molar-refractivity contribution is -0.121. The van der Waals surface area contributed by atoms with Crippen LogP contribution in [0.4, 0.5) is 0 Å². The minimum atomic E-state index is 0.0566. The Morgan fingerprint density at radius 1 is 1.50 bits per heavy atom. The van der Waals surface area contributed by atoms with Gasteiger partial charge in [-0.15, -0.1) is 0 Å². The molecule has 1 aromatic rings. The van der Waals surface area contributed by atoms with Crippen LogP contribution in [0.3, 0.4) is 0 Å². The summed E-state index contributed by atoms with van der Waals surface area (Å²) in [6.45, 7) is 9.34. The van der Waals surface area contributed by atoms with Crippen molar-refractivity contribution >= 4 is 5.91 Å². The first-order chi connectivity index (χ1) is 7.50. The molecule has 90 valence electrons. The first-order valence-corrected chi connectivity index (χ1v) is 5.75. The number of nitrogens with zero attached hydrogens (tertiary/aromatic N) is 2. The minimum absolute atomic E-state index is 0.0566. The number of aryl methyl sites for hydroxylation is 1. The zero-order valence-corrected chi connectivity index (χ0v) is 10.6. The Hall–Kier alpha value is -1.32. The first kappa shape index (κ1) is 12.7. The predicted molar refractivity (Wildman–Crippen MR) is 64.2 cm³/mol. The highest BCUT2D eigenvalue weighted by Crippen LogP contribution is 2.03. The second-order valence-corrected chi connectivity index (χ2v) is 4.58. The van der Waals surface area contributed by atoms with Gasteiger partial charge in [-0.05, 0) is 26.2 Å².